The van der Waals surface area contributed by atoms with Crippen molar-refractivity contribution in [1.29, 1.82) is 0 Å². The number of nitrogens with one attached hydrogen (secondary N) is 1. The van der Waals surface area contributed by atoms with E-state index in [1.807, 2.05) is 30.7 Å². The van der Waals surface area contributed by atoms with Crippen LogP contribution >= 0.6 is 27.5 Å². The van der Waals surface area contributed by atoms with Crippen LogP contribution in [-0.4, -0.2) is 10.5 Å². The van der Waals surface area contributed by atoms with Crippen molar-refractivity contribution >= 4 is 39.1 Å². The molecule has 2 rings (SSSR count). The Labute approximate surface area is 119 Å². The number of amides is 1. The molecule has 1 aromatic heterocycles. The third-order valence-corrected chi connectivity index (χ3v) is 3.60. The van der Waals surface area contributed by atoms with Gasteiger partial charge in [0.15, 0.2) is 0 Å². The zero-order valence-corrected chi connectivity index (χ0v) is 12.3. The Balaban J connectivity index is 2.27. The van der Waals surface area contributed by atoms with E-state index in [2.05, 4.69) is 21.2 Å². The predicted octanol–water partition coefficient (Wildman–Crippen LogP) is 4.00. The summed E-state index contributed by atoms with van der Waals surface area (Å²) in [6.45, 7) is 1.95. The van der Waals surface area contributed by atoms with Gasteiger partial charge < -0.3 is 9.88 Å². The lowest BCUT2D eigenvalue weighted by Crippen LogP contribution is -2.16. The number of hydrogen-bond donors (Lipinski definition) is 1. The van der Waals surface area contributed by atoms with Crippen molar-refractivity contribution in [3.8, 4) is 0 Å². The second kappa shape index (κ2) is 5.16. The fraction of sp³-hybridized carbons (Fsp3) is 0.154. The first-order valence-electron chi connectivity index (χ1n) is 5.38. The van der Waals surface area contributed by atoms with Crippen LogP contribution in [-0.2, 0) is 7.05 Å². The first-order chi connectivity index (χ1) is 8.49. The van der Waals surface area contributed by atoms with Gasteiger partial charge >= 0.3 is 0 Å². The second-order valence-electron chi connectivity index (χ2n) is 4.00. The highest BCUT2D eigenvalue weighted by Crippen LogP contribution is 2.26. The lowest BCUT2D eigenvalue weighted by Gasteiger charge is -2.09. The van der Waals surface area contributed by atoms with Gasteiger partial charge in [-0.3, -0.25) is 4.79 Å². The molecule has 0 aliphatic heterocycles. The van der Waals surface area contributed by atoms with E-state index in [4.69, 9.17) is 11.6 Å². The van der Waals surface area contributed by atoms with E-state index in [0.29, 0.717) is 16.4 Å². The number of aryl methyl sites for hydroxylation is 1. The van der Waals surface area contributed by atoms with E-state index >= 15 is 0 Å². The molecule has 0 aliphatic rings. The lowest BCUT2D eigenvalue weighted by molar-refractivity contribution is 0.101. The SMILES string of the molecule is Cc1ccc(C(=O)Nc2cc(Br)ccc2Cl)n1C. The molecule has 0 spiro atoms. The highest BCUT2D eigenvalue weighted by atomic mass is 79.9. The van der Waals surface area contributed by atoms with E-state index in [1.165, 1.54) is 0 Å². The molecule has 0 bridgehead atoms. The minimum atomic E-state index is -0.175. The smallest absolute Gasteiger partial charge is 0.272 e. The maximum Gasteiger partial charge on any atom is 0.272 e. The van der Waals surface area contributed by atoms with Crippen molar-refractivity contribution in [2.75, 3.05) is 5.32 Å². The topological polar surface area (TPSA) is 34.0 Å². The van der Waals surface area contributed by atoms with Crippen molar-refractivity contribution in [3.63, 3.8) is 0 Å². The zero-order chi connectivity index (χ0) is 13.3. The standard InChI is InChI=1S/C13H12BrClN2O/c1-8-3-6-12(17(8)2)13(18)16-11-7-9(14)4-5-10(11)15/h3-7H,1-2H3,(H,16,18). The van der Waals surface area contributed by atoms with Gasteiger partial charge in [0.1, 0.15) is 5.69 Å². The average Bonchev–Trinajstić information content (AvgIpc) is 2.65. The number of aromatic nitrogens is 1. The normalized spacial score (nSPS) is 10.4. The van der Waals surface area contributed by atoms with E-state index in [0.717, 1.165) is 10.2 Å². The van der Waals surface area contributed by atoms with E-state index in [1.54, 1.807) is 18.2 Å². The number of carbonyl (C=O) groups excluding carboxylic acids is 1. The number of benzene rings is 1. The van der Waals surface area contributed by atoms with Crippen LogP contribution in [0.4, 0.5) is 5.69 Å². The summed E-state index contributed by atoms with van der Waals surface area (Å²) >= 11 is 9.38. The molecule has 0 radical (unpaired) electrons. The fourth-order valence-corrected chi connectivity index (χ4v) is 2.15. The van der Waals surface area contributed by atoms with Gasteiger partial charge in [-0.05, 0) is 37.3 Å². The Morgan fingerprint density at radius 3 is 2.67 bits per heavy atom. The molecule has 0 fully saturated rings. The molecule has 0 unspecified atom stereocenters. The Bertz CT molecular complexity index is 607. The molecule has 0 saturated carbocycles. The summed E-state index contributed by atoms with van der Waals surface area (Å²) < 4.78 is 2.70. The van der Waals surface area contributed by atoms with E-state index in [-0.39, 0.29) is 5.91 Å². The molecule has 5 heteroatoms. The predicted molar refractivity (Wildman–Crippen MR) is 77.3 cm³/mol. The highest BCUT2D eigenvalue weighted by molar-refractivity contribution is 9.10. The van der Waals surface area contributed by atoms with Crippen molar-refractivity contribution in [1.82, 2.24) is 4.57 Å². The summed E-state index contributed by atoms with van der Waals surface area (Å²) in [5.41, 5.74) is 2.22. The van der Waals surface area contributed by atoms with Gasteiger partial charge in [-0.25, -0.2) is 0 Å². The molecular weight excluding hydrogens is 316 g/mol. The average molecular weight is 328 g/mol. The van der Waals surface area contributed by atoms with Gasteiger partial charge in [0.05, 0.1) is 10.7 Å². The molecular formula is C13H12BrClN2O. The van der Waals surface area contributed by atoms with Crippen LogP contribution in [0.1, 0.15) is 16.2 Å². The number of halogens is 2. The van der Waals surface area contributed by atoms with Crippen LogP contribution in [0, 0.1) is 6.92 Å². The number of carbonyl (C=O) groups is 1. The van der Waals surface area contributed by atoms with Crippen molar-refractivity contribution in [2.24, 2.45) is 7.05 Å². The summed E-state index contributed by atoms with van der Waals surface area (Å²) in [5.74, 6) is -0.175. The third-order valence-electron chi connectivity index (χ3n) is 2.78. The number of rotatable bonds is 2. The molecule has 3 nitrogen and oxygen atoms in total. The van der Waals surface area contributed by atoms with Crippen molar-refractivity contribution in [2.45, 2.75) is 6.92 Å². The van der Waals surface area contributed by atoms with Gasteiger partial charge in [-0.1, -0.05) is 27.5 Å². The minimum Gasteiger partial charge on any atom is -0.344 e. The quantitative estimate of drug-likeness (QED) is 0.888. The summed E-state index contributed by atoms with van der Waals surface area (Å²) in [4.78, 5) is 12.1. The van der Waals surface area contributed by atoms with Crippen LogP contribution < -0.4 is 5.32 Å². The molecule has 1 aromatic carbocycles. The van der Waals surface area contributed by atoms with Gasteiger partial charge in [0.25, 0.3) is 5.91 Å². The third kappa shape index (κ3) is 2.60. The Hall–Kier alpha value is -1.26. The molecule has 1 N–H and O–H groups in total. The van der Waals surface area contributed by atoms with Gasteiger partial charge in [0, 0.05) is 17.2 Å². The van der Waals surface area contributed by atoms with Gasteiger partial charge in [-0.15, -0.1) is 0 Å². The fourth-order valence-electron chi connectivity index (χ4n) is 1.62. The summed E-state index contributed by atoms with van der Waals surface area (Å²) in [6, 6.07) is 9.02. The van der Waals surface area contributed by atoms with Crippen LogP contribution in [0.3, 0.4) is 0 Å². The summed E-state index contributed by atoms with van der Waals surface area (Å²) in [6.07, 6.45) is 0. The Kier molecular flexibility index (Phi) is 3.78. The van der Waals surface area contributed by atoms with Crippen LogP contribution in [0.2, 0.25) is 5.02 Å². The van der Waals surface area contributed by atoms with Crippen LogP contribution in [0.25, 0.3) is 0 Å². The largest absolute Gasteiger partial charge is 0.344 e. The van der Waals surface area contributed by atoms with Crippen molar-refractivity contribution in [3.05, 3.63) is 51.2 Å². The Morgan fingerprint density at radius 2 is 2.06 bits per heavy atom. The first-order valence-corrected chi connectivity index (χ1v) is 6.55. The van der Waals surface area contributed by atoms with Crippen LogP contribution in [0.5, 0.6) is 0 Å². The van der Waals surface area contributed by atoms with E-state index in [9.17, 15) is 4.79 Å². The molecule has 2 aromatic rings. The van der Waals surface area contributed by atoms with Crippen LogP contribution in [0.15, 0.2) is 34.8 Å². The lowest BCUT2D eigenvalue weighted by atomic mass is 10.3. The maximum absolute atomic E-state index is 12.1. The molecule has 94 valence electrons. The van der Waals surface area contributed by atoms with E-state index < -0.39 is 0 Å². The summed E-state index contributed by atoms with van der Waals surface area (Å²) in [7, 11) is 1.85. The molecule has 18 heavy (non-hydrogen) atoms. The van der Waals surface area contributed by atoms with Gasteiger partial charge in [-0.2, -0.15) is 0 Å². The molecule has 0 aliphatic carbocycles. The number of nitrogens with zero attached hydrogens (tertiary/aromatic N) is 1. The van der Waals surface area contributed by atoms with Gasteiger partial charge in [0.2, 0.25) is 0 Å². The molecule has 1 heterocycles. The maximum atomic E-state index is 12.1. The van der Waals surface area contributed by atoms with Crippen molar-refractivity contribution < 1.29 is 4.79 Å². The summed E-state index contributed by atoms with van der Waals surface area (Å²) in [5, 5.41) is 3.31. The zero-order valence-electron chi connectivity index (χ0n) is 10.00. The minimum absolute atomic E-state index is 0.175. The molecule has 0 atom stereocenters. The molecule has 1 amide bonds. The molecule has 0 saturated heterocycles. The Morgan fingerprint density at radius 1 is 1.33 bits per heavy atom. The monoisotopic (exact) mass is 326 g/mol. The number of anilines is 1. The number of hydrogen-bond acceptors (Lipinski definition) is 1. The second-order valence-corrected chi connectivity index (χ2v) is 5.32. The highest BCUT2D eigenvalue weighted by Gasteiger charge is 2.12. The first kappa shape index (κ1) is 13.2.